The van der Waals surface area contributed by atoms with Crippen molar-refractivity contribution in [2.24, 2.45) is 0 Å². The van der Waals surface area contributed by atoms with E-state index in [1.807, 2.05) is 37.3 Å². The van der Waals surface area contributed by atoms with Gasteiger partial charge in [-0.2, -0.15) is 15.0 Å². The molecule has 3 heterocycles. The lowest BCUT2D eigenvalue weighted by molar-refractivity contribution is 0.0767. The number of rotatable bonds is 7. The Morgan fingerprint density at radius 2 is 1.97 bits per heavy atom. The average Bonchev–Trinajstić information content (AvgIpc) is 3.42. The lowest BCUT2D eigenvalue weighted by Crippen LogP contribution is -2.48. The summed E-state index contributed by atoms with van der Waals surface area (Å²) in [5.74, 6) is 0.637. The number of likely N-dealkylation sites (tertiary alicyclic amines) is 1. The number of nitrogens with one attached hydrogen (secondary N) is 1. The molecular formula is C27H28N6O2. The van der Waals surface area contributed by atoms with Gasteiger partial charge in [-0.3, -0.25) is 14.7 Å². The molecule has 2 aromatic carbocycles. The smallest absolute Gasteiger partial charge is 0.252 e. The van der Waals surface area contributed by atoms with Gasteiger partial charge in [-0.1, -0.05) is 12.1 Å². The quantitative estimate of drug-likeness (QED) is 0.446. The third-order valence-corrected chi connectivity index (χ3v) is 7.31. The molecule has 1 saturated carbocycles. The van der Waals surface area contributed by atoms with Crippen LogP contribution in [0.3, 0.4) is 0 Å². The fourth-order valence-corrected chi connectivity index (χ4v) is 4.81. The number of ether oxygens (including phenoxy) is 1. The molecule has 0 radical (unpaired) electrons. The van der Waals surface area contributed by atoms with Crippen molar-refractivity contribution >= 4 is 16.8 Å². The van der Waals surface area contributed by atoms with E-state index in [1.165, 1.54) is 0 Å². The number of aryl methyl sites for hydroxylation is 1. The number of likely N-dealkylation sites (N-methyl/N-ethyl adjacent to an activating group) is 1. The minimum absolute atomic E-state index is 0.0918. The molecule has 4 aromatic rings. The number of aromatic nitrogens is 4. The Labute approximate surface area is 203 Å². The van der Waals surface area contributed by atoms with Crippen molar-refractivity contribution in [2.45, 2.75) is 37.8 Å². The summed E-state index contributed by atoms with van der Waals surface area (Å²) >= 11 is 0. The van der Waals surface area contributed by atoms with Crippen molar-refractivity contribution in [3.05, 3.63) is 77.7 Å². The molecule has 35 heavy (non-hydrogen) atoms. The largest absolute Gasteiger partial charge is 0.492 e. The number of carbonyl (C=O) groups is 1. The first kappa shape index (κ1) is 21.7. The summed E-state index contributed by atoms with van der Waals surface area (Å²) in [5, 5.41) is 12.9. The van der Waals surface area contributed by atoms with Gasteiger partial charge in [0.1, 0.15) is 12.4 Å². The van der Waals surface area contributed by atoms with Crippen LogP contribution in [0.25, 0.3) is 16.6 Å². The predicted molar refractivity (Wildman–Crippen MR) is 133 cm³/mol. The van der Waals surface area contributed by atoms with Crippen molar-refractivity contribution in [2.75, 3.05) is 20.2 Å². The Balaban J connectivity index is 1.29. The molecule has 2 aromatic heterocycles. The van der Waals surface area contributed by atoms with E-state index in [2.05, 4.69) is 44.6 Å². The van der Waals surface area contributed by atoms with Crippen LogP contribution in [0.15, 0.2) is 61.1 Å². The van der Waals surface area contributed by atoms with Crippen LogP contribution in [-0.2, 0) is 5.54 Å². The van der Waals surface area contributed by atoms with Crippen LogP contribution in [0.2, 0.25) is 0 Å². The minimum Gasteiger partial charge on any atom is -0.492 e. The standard InChI is InChI=1S/C27H28N6O2/c1-18-5-6-21(35-17-19-7-13-32(19)2)16-23(18)26(34)31-27(8-9-27)24-14-20(33-29-11-12-30-33)15-25-22(24)4-3-10-28-25/h3-6,10-12,14-16,19H,7-9,13,17H2,1-2H3,(H,31,34)/t19-/m0/s1. The number of carbonyl (C=O) groups excluding carboxylic acids is 1. The van der Waals surface area contributed by atoms with Crippen LogP contribution in [0.1, 0.15) is 40.7 Å². The Morgan fingerprint density at radius 1 is 1.14 bits per heavy atom. The molecule has 2 aliphatic rings. The number of hydrogen-bond donors (Lipinski definition) is 1. The van der Waals surface area contributed by atoms with E-state index >= 15 is 0 Å². The molecule has 178 valence electrons. The fraction of sp³-hybridized carbons (Fsp3) is 0.333. The topological polar surface area (TPSA) is 85.2 Å². The van der Waals surface area contributed by atoms with Crippen LogP contribution in [0, 0.1) is 6.92 Å². The number of hydrogen-bond acceptors (Lipinski definition) is 6. The maximum atomic E-state index is 13.5. The molecule has 1 saturated heterocycles. The van der Waals surface area contributed by atoms with Crippen LogP contribution in [0.4, 0.5) is 0 Å². The lowest BCUT2D eigenvalue weighted by Gasteiger charge is -2.37. The van der Waals surface area contributed by atoms with E-state index in [0.717, 1.165) is 59.3 Å². The molecule has 8 heteroatoms. The molecule has 0 bridgehead atoms. The molecule has 1 aliphatic heterocycles. The summed E-state index contributed by atoms with van der Waals surface area (Å²) in [6, 6.07) is 14.2. The van der Waals surface area contributed by atoms with Gasteiger partial charge in [-0.15, -0.1) is 0 Å². The molecule has 1 aliphatic carbocycles. The second kappa shape index (κ2) is 8.46. The first-order valence-corrected chi connectivity index (χ1v) is 12.0. The fourth-order valence-electron chi connectivity index (χ4n) is 4.81. The van der Waals surface area contributed by atoms with Crippen LogP contribution in [-0.4, -0.2) is 57.0 Å². The van der Waals surface area contributed by atoms with Crippen LogP contribution >= 0.6 is 0 Å². The molecule has 1 atom stereocenters. The van der Waals surface area contributed by atoms with Gasteiger partial charge in [0.2, 0.25) is 0 Å². The van der Waals surface area contributed by atoms with Gasteiger partial charge in [-0.05, 0) is 81.2 Å². The van der Waals surface area contributed by atoms with Crippen LogP contribution in [0.5, 0.6) is 5.75 Å². The normalized spacial score (nSPS) is 18.7. The van der Waals surface area contributed by atoms with Crippen LogP contribution < -0.4 is 10.1 Å². The first-order chi connectivity index (χ1) is 17.0. The van der Waals surface area contributed by atoms with E-state index in [9.17, 15) is 4.79 Å². The Bertz CT molecular complexity index is 1400. The van der Waals surface area contributed by atoms with E-state index in [1.54, 1.807) is 23.4 Å². The third-order valence-electron chi connectivity index (χ3n) is 7.31. The van der Waals surface area contributed by atoms with E-state index in [0.29, 0.717) is 18.2 Å². The van der Waals surface area contributed by atoms with Crippen molar-refractivity contribution in [3.8, 4) is 11.4 Å². The van der Waals surface area contributed by atoms with Crippen molar-refractivity contribution in [3.63, 3.8) is 0 Å². The van der Waals surface area contributed by atoms with Gasteiger partial charge in [0.15, 0.2) is 0 Å². The maximum Gasteiger partial charge on any atom is 0.252 e. The predicted octanol–water partition coefficient (Wildman–Crippen LogP) is 3.63. The summed E-state index contributed by atoms with van der Waals surface area (Å²) in [7, 11) is 2.11. The molecule has 1 N–H and O–H groups in total. The zero-order valence-electron chi connectivity index (χ0n) is 19.9. The Kier molecular flexibility index (Phi) is 5.25. The van der Waals surface area contributed by atoms with Gasteiger partial charge in [-0.25, -0.2) is 0 Å². The number of nitrogens with zero attached hydrogens (tertiary/aromatic N) is 5. The number of pyridine rings is 1. The van der Waals surface area contributed by atoms with Gasteiger partial charge in [0, 0.05) is 23.2 Å². The van der Waals surface area contributed by atoms with Crippen molar-refractivity contribution in [1.82, 2.24) is 30.2 Å². The highest BCUT2D eigenvalue weighted by molar-refractivity contribution is 5.97. The Morgan fingerprint density at radius 3 is 2.69 bits per heavy atom. The maximum absolute atomic E-state index is 13.5. The summed E-state index contributed by atoms with van der Waals surface area (Å²) in [5.41, 5.74) is 3.84. The van der Waals surface area contributed by atoms with E-state index in [-0.39, 0.29) is 5.91 Å². The number of amides is 1. The zero-order valence-corrected chi connectivity index (χ0v) is 19.9. The summed E-state index contributed by atoms with van der Waals surface area (Å²) in [4.78, 5) is 22.0. The van der Waals surface area contributed by atoms with Gasteiger partial charge in [0.25, 0.3) is 5.91 Å². The van der Waals surface area contributed by atoms with Gasteiger partial charge in [0.05, 0.1) is 29.1 Å². The summed E-state index contributed by atoms with van der Waals surface area (Å²) < 4.78 is 6.02. The third kappa shape index (κ3) is 4.04. The summed E-state index contributed by atoms with van der Waals surface area (Å²) in [6.07, 6.45) is 7.95. The highest BCUT2D eigenvalue weighted by atomic mass is 16.5. The van der Waals surface area contributed by atoms with E-state index < -0.39 is 5.54 Å². The van der Waals surface area contributed by atoms with Crippen molar-refractivity contribution < 1.29 is 9.53 Å². The zero-order chi connectivity index (χ0) is 24.0. The molecule has 0 spiro atoms. The SMILES string of the molecule is Cc1ccc(OC[C@@H]2CCN2C)cc1C(=O)NC1(c2cc(-n3nccn3)cc3ncccc23)CC1. The van der Waals surface area contributed by atoms with Gasteiger partial charge < -0.3 is 10.1 Å². The lowest BCUT2D eigenvalue weighted by atomic mass is 9.97. The first-order valence-electron chi connectivity index (χ1n) is 12.0. The molecule has 6 rings (SSSR count). The van der Waals surface area contributed by atoms with E-state index in [4.69, 9.17) is 4.74 Å². The highest BCUT2D eigenvalue weighted by Gasteiger charge is 2.47. The molecule has 8 nitrogen and oxygen atoms in total. The number of benzene rings is 2. The summed E-state index contributed by atoms with van der Waals surface area (Å²) in [6.45, 7) is 3.71. The molecule has 0 unspecified atom stereocenters. The van der Waals surface area contributed by atoms with Gasteiger partial charge >= 0.3 is 0 Å². The average molecular weight is 469 g/mol. The molecule has 1 amide bonds. The monoisotopic (exact) mass is 468 g/mol. The second-order valence-electron chi connectivity index (χ2n) is 9.63. The van der Waals surface area contributed by atoms with Crippen molar-refractivity contribution in [1.29, 1.82) is 0 Å². The number of fused-ring (bicyclic) bond motifs is 1. The molecular weight excluding hydrogens is 440 g/mol. The second-order valence-corrected chi connectivity index (χ2v) is 9.63. The highest BCUT2D eigenvalue weighted by Crippen LogP contribution is 2.48. The Hall–Kier alpha value is -3.78. The minimum atomic E-state index is -0.445. The molecule has 2 fully saturated rings.